The van der Waals surface area contributed by atoms with Gasteiger partial charge in [0.2, 0.25) is 0 Å². The summed E-state index contributed by atoms with van der Waals surface area (Å²) in [5, 5.41) is 8.85. The van der Waals surface area contributed by atoms with Gasteiger partial charge >= 0.3 is 0 Å². The molecule has 0 saturated carbocycles. The average Bonchev–Trinajstić information content (AvgIpc) is 2.09. The van der Waals surface area contributed by atoms with Crippen LogP contribution in [0, 0.1) is 0 Å². The maximum Gasteiger partial charge on any atom is 0.115 e. The number of nitrogens with one attached hydrogen (secondary N) is 1. The molecule has 0 aliphatic heterocycles. The van der Waals surface area contributed by atoms with E-state index in [0.717, 1.165) is 5.56 Å². The lowest BCUT2D eigenvalue weighted by molar-refractivity contribution is 0.161. The molecule has 0 amide bonds. The molecule has 0 atom stereocenters. The minimum Gasteiger partial charge on any atom is -0.316 e. The van der Waals surface area contributed by atoms with Crippen molar-refractivity contribution in [3.63, 3.8) is 0 Å². The molecule has 0 heterocycles. The molecule has 1 aromatic rings. The minimum absolute atomic E-state index is 0.269. The zero-order chi connectivity index (χ0) is 8.97. The Bertz CT molecular complexity index is 267. The Morgan fingerprint density at radius 3 is 2.75 bits per heavy atom. The standard InChI is InChI=1S/C8H9ClFNO/c9-8-3-6(4-10)1-2-7(8)5-11-12/h1-3,11-12H,4-5H2. The van der Waals surface area contributed by atoms with Gasteiger partial charge in [-0.05, 0) is 17.2 Å². The van der Waals surface area contributed by atoms with Gasteiger partial charge in [0.05, 0.1) is 0 Å². The van der Waals surface area contributed by atoms with Gasteiger partial charge in [-0.15, -0.1) is 0 Å². The van der Waals surface area contributed by atoms with Crippen molar-refractivity contribution in [1.29, 1.82) is 0 Å². The summed E-state index contributed by atoms with van der Waals surface area (Å²) in [5.74, 6) is 0. The summed E-state index contributed by atoms with van der Waals surface area (Å²) < 4.78 is 12.1. The fraction of sp³-hybridized carbons (Fsp3) is 0.250. The van der Waals surface area contributed by atoms with Gasteiger partial charge in [0.1, 0.15) is 6.67 Å². The second kappa shape index (κ2) is 4.40. The van der Waals surface area contributed by atoms with Crippen LogP contribution in [0.15, 0.2) is 18.2 Å². The molecule has 2 nitrogen and oxygen atoms in total. The minimum atomic E-state index is -0.521. The molecule has 0 radical (unpaired) electrons. The highest BCUT2D eigenvalue weighted by molar-refractivity contribution is 6.31. The fourth-order valence-electron chi connectivity index (χ4n) is 0.902. The Kier molecular flexibility index (Phi) is 3.47. The summed E-state index contributed by atoms with van der Waals surface area (Å²) in [7, 11) is 0. The van der Waals surface area contributed by atoms with E-state index in [2.05, 4.69) is 0 Å². The maximum atomic E-state index is 12.1. The SMILES string of the molecule is ONCc1ccc(CF)cc1Cl. The summed E-state index contributed by atoms with van der Waals surface area (Å²) in [5.41, 5.74) is 3.27. The predicted molar refractivity (Wildman–Crippen MR) is 44.9 cm³/mol. The topological polar surface area (TPSA) is 32.3 Å². The molecule has 12 heavy (non-hydrogen) atoms. The lowest BCUT2D eigenvalue weighted by Crippen LogP contribution is -2.06. The van der Waals surface area contributed by atoms with Gasteiger partial charge in [-0.3, -0.25) is 0 Å². The number of hydrogen-bond acceptors (Lipinski definition) is 2. The van der Waals surface area contributed by atoms with Gasteiger partial charge in [-0.1, -0.05) is 23.7 Å². The zero-order valence-electron chi connectivity index (χ0n) is 6.35. The Balaban J connectivity index is 2.87. The molecule has 0 fully saturated rings. The van der Waals surface area contributed by atoms with Gasteiger partial charge in [0, 0.05) is 11.6 Å². The van der Waals surface area contributed by atoms with Crippen LogP contribution in [0.4, 0.5) is 4.39 Å². The van der Waals surface area contributed by atoms with Crippen LogP contribution in [-0.2, 0) is 13.2 Å². The zero-order valence-corrected chi connectivity index (χ0v) is 7.11. The number of hydroxylamine groups is 1. The molecular formula is C8H9ClFNO. The third kappa shape index (κ3) is 2.17. The second-order valence-electron chi connectivity index (χ2n) is 2.39. The van der Waals surface area contributed by atoms with Crippen molar-refractivity contribution < 1.29 is 9.60 Å². The van der Waals surface area contributed by atoms with E-state index in [1.165, 1.54) is 0 Å². The van der Waals surface area contributed by atoms with Gasteiger partial charge in [0.15, 0.2) is 0 Å². The second-order valence-corrected chi connectivity index (χ2v) is 2.80. The van der Waals surface area contributed by atoms with Crippen LogP contribution in [0.3, 0.4) is 0 Å². The van der Waals surface area contributed by atoms with Gasteiger partial charge < -0.3 is 5.21 Å². The molecule has 0 bridgehead atoms. The molecule has 2 N–H and O–H groups in total. The van der Waals surface area contributed by atoms with E-state index in [0.29, 0.717) is 10.6 Å². The summed E-state index contributed by atoms with van der Waals surface area (Å²) >= 11 is 5.77. The molecule has 66 valence electrons. The monoisotopic (exact) mass is 189 g/mol. The highest BCUT2D eigenvalue weighted by Gasteiger charge is 2.00. The third-order valence-electron chi connectivity index (χ3n) is 1.54. The van der Waals surface area contributed by atoms with E-state index in [1.54, 1.807) is 18.2 Å². The summed E-state index contributed by atoms with van der Waals surface area (Å²) in [6.07, 6.45) is 0. The molecule has 4 heteroatoms. The van der Waals surface area contributed by atoms with E-state index < -0.39 is 6.67 Å². The maximum absolute atomic E-state index is 12.1. The number of rotatable bonds is 3. The van der Waals surface area contributed by atoms with Crippen molar-refractivity contribution in [2.45, 2.75) is 13.2 Å². The largest absolute Gasteiger partial charge is 0.316 e. The molecule has 0 aliphatic rings. The van der Waals surface area contributed by atoms with Crippen LogP contribution < -0.4 is 5.48 Å². The summed E-state index contributed by atoms with van der Waals surface area (Å²) in [6.45, 7) is -0.252. The normalized spacial score (nSPS) is 10.2. The van der Waals surface area contributed by atoms with Crippen LogP contribution in [0.1, 0.15) is 11.1 Å². The molecule has 0 spiro atoms. The smallest absolute Gasteiger partial charge is 0.115 e. The van der Waals surface area contributed by atoms with Gasteiger partial charge in [-0.2, -0.15) is 0 Å². The highest BCUT2D eigenvalue weighted by atomic mass is 35.5. The summed E-state index contributed by atoms with van der Waals surface area (Å²) in [6, 6.07) is 4.87. The van der Waals surface area contributed by atoms with Crippen LogP contribution in [-0.4, -0.2) is 5.21 Å². The van der Waals surface area contributed by atoms with Crippen molar-refractivity contribution in [1.82, 2.24) is 5.48 Å². The van der Waals surface area contributed by atoms with E-state index >= 15 is 0 Å². The lowest BCUT2D eigenvalue weighted by atomic mass is 10.1. The fourth-order valence-corrected chi connectivity index (χ4v) is 1.17. The highest BCUT2D eigenvalue weighted by Crippen LogP contribution is 2.18. The first-order chi connectivity index (χ1) is 5.77. The van der Waals surface area contributed by atoms with Crippen molar-refractivity contribution in [2.75, 3.05) is 0 Å². The number of halogens is 2. The first-order valence-electron chi connectivity index (χ1n) is 3.48. The molecule has 1 rings (SSSR count). The van der Waals surface area contributed by atoms with Gasteiger partial charge in [-0.25, -0.2) is 9.87 Å². The van der Waals surface area contributed by atoms with Crippen molar-refractivity contribution >= 4 is 11.6 Å². The number of benzene rings is 1. The van der Waals surface area contributed by atoms with E-state index in [1.807, 2.05) is 5.48 Å². The molecule has 0 aromatic heterocycles. The molecule has 0 aliphatic carbocycles. The Morgan fingerprint density at radius 2 is 2.25 bits per heavy atom. The Labute approximate surface area is 74.9 Å². The van der Waals surface area contributed by atoms with Crippen LogP contribution in [0.25, 0.3) is 0 Å². The lowest BCUT2D eigenvalue weighted by Gasteiger charge is -2.03. The van der Waals surface area contributed by atoms with E-state index in [4.69, 9.17) is 16.8 Å². The first-order valence-corrected chi connectivity index (χ1v) is 3.86. The first kappa shape index (κ1) is 9.45. The molecule has 0 saturated heterocycles. The quantitative estimate of drug-likeness (QED) is 0.716. The van der Waals surface area contributed by atoms with Crippen molar-refractivity contribution in [2.24, 2.45) is 0 Å². The molecular weight excluding hydrogens is 181 g/mol. The van der Waals surface area contributed by atoms with E-state index in [9.17, 15) is 4.39 Å². The van der Waals surface area contributed by atoms with Crippen molar-refractivity contribution in [3.05, 3.63) is 34.3 Å². The Morgan fingerprint density at radius 1 is 1.50 bits per heavy atom. The molecule has 0 unspecified atom stereocenters. The van der Waals surface area contributed by atoms with Crippen molar-refractivity contribution in [3.8, 4) is 0 Å². The number of alkyl halides is 1. The summed E-state index contributed by atoms with van der Waals surface area (Å²) in [4.78, 5) is 0. The Hall–Kier alpha value is -0.640. The third-order valence-corrected chi connectivity index (χ3v) is 1.89. The predicted octanol–water partition coefficient (Wildman–Crippen LogP) is 2.29. The number of hydrogen-bond donors (Lipinski definition) is 2. The molecule has 1 aromatic carbocycles. The van der Waals surface area contributed by atoms with E-state index in [-0.39, 0.29) is 6.54 Å². The van der Waals surface area contributed by atoms with Gasteiger partial charge in [0.25, 0.3) is 0 Å². The average molecular weight is 190 g/mol. The van der Waals surface area contributed by atoms with Crippen LogP contribution >= 0.6 is 11.6 Å². The van der Waals surface area contributed by atoms with Crippen LogP contribution in [0.5, 0.6) is 0 Å². The van der Waals surface area contributed by atoms with Crippen LogP contribution in [0.2, 0.25) is 5.02 Å².